The first-order valence-corrected chi connectivity index (χ1v) is 11.9. The lowest BCUT2D eigenvalue weighted by Crippen LogP contribution is -2.57. The second-order valence-electron chi connectivity index (χ2n) is 10.3. The van der Waals surface area contributed by atoms with E-state index in [2.05, 4.69) is 15.4 Å². The number of nitrogens with one attached hydrogen (secondary N) is 1. The van der Waals surface area contributed by atoms with Gasteiger partial charge in [0.1, 0.15) is 0 Å². The van der Waals surface area contributed by atoms with E-state index in [9.17, 15) is 36.6 Å². The van der Waals surface area contributed by atoms with Crippen LogP contribution in [0.15, 0.2) is 12.3 Å². The normalized spacial score (nSPS) is 25.6. The molecule has 4 rings (SSSR count). The average Bonchev–Trinajstić information content (AvgIpc) is 3.21. The molecule has 1 unspecified atom stereocenters. The van der Waals surface area contributed by atoms with Gasteiger partial charge in [0.05, 0.1) is 35.2 Å². The van der Waals surface area contributed by atoms with Crippen molar-refractivity contribution in [2.45, 2.75) is 56.7 Å². The minimum atomic E-state index is -4.69. The van der Waals surface area contributed by atoms with Crippen molar-refractivity contribution in [1.29, 1.82) is 0 Å². The van der Waals surface area contributed by atoms with E-state index in [1.54, 1.807) is 25.1 Å². The van der Waals surface area contributed by atoms with Crippen molar-refractivity contribution in [1.82, 2.24) is 19.9 Å². The Bertz CT molecular complexity index is 1190. The summed E-state index contributed by atoms with van der Waals surface area (Å²) in [5.41, 5.74) is 5.18. The van der Waals surface area contributed by atoms with Gasteiger partial charge in [-0.25, -0.2) is 18.3 Å². The zero-order chi connectivity index (χ0) is 27.3. The van der Waals surface area contributed by atoms with Gasteiger partial charge in [-0.2, -0.15) is 18.3 Å². The largest absolute Gasteiger partial charge is 0.480 e. The van der Waals surface area contributed by atoms with Gasteiger partial charge in [0.25, 0.3) is 0 Å². The molecule has 1 aliphatic carbocycles. The number of alkyl halides is 5. The number of rotatable bonds is 6. The maximum absolute atomic E-state index is 13.6. The number of nitrogens with two attached hydrogens (primary N) is 1. The van der Waals surface area contributed by atoms with Crippen LogP contribution in [0.5, 0.6) is 0 Å². The number of nitrogens with zero attached hydrogens (tertiary/aromatic N) is 4. The molecule has 2 aromatic heterocycles. The summed E-state index contributed by atoms with van der Waals surface area (Å²) in [4.78, 5) is 31.0. The Hall–Kier alpha value is -3.03. The molecular formula is C23H29F5N6O3. The van der Waals surface area contributed by atoms with E-state index in [0.29, 0.717) is 17.0 Å². The molecule has 1 aliphatic heterocycles. The second kappa shape index (κ2) is 9.37. The number of aromatic nitrogens is 3. The van der Waals surface area contributed by atoms with Crippen molar-refractivity contribution in [2.75, 3.05) is 25.5 Å². The lowest BCUT2D eigenvalue weighted by Gasteiger charge is -2.37. The number of halogens is 5. The number of carbonyl (C=O) groups excluding carboxylic acids is 1. The molecule has 2 fully saturated rings. The first-order chi connectivity index (χ1) is 17.1. The van der Waals surface area contributed by atoms with Crippen LogP contribution in [0.2, 0.25) is 0 Å². The quantitative estimate of drug-likeness (QED) is 0.386. The van der Waals surface area contributed by atoms with Crippen LogP contribution in [0.1, 0.15) is 49.5 Å². The lowest BCUT2D eigenvalue weighted by molar-refractivity contribution is -0.194. The van der Waals surface area contributed by atoms with Gasteiger partial charge in [0.2, 0.25) is 11.8 Å². The number of anilines is 1. The van der Waals surface area contributed by atoms with Crippen molar-refractivity contribution >= 4 is 23.2 Å². The molecule has 2 aromatic rings. The molecule has 4 N–H and O–H groups in total. The molecule has 1 saturated heterocycles. The summed E-state index contributed by atoms with van der Waals surface area (Å²) >= 11 is 0. The van der Waals surface area contributed by atoms with E-state index in [1.165, 1.54) is 10.7 Å². The highest BCUT2D eigenvalue weighted by molar-refractivity contribution is 6.03. The molecule has 3 atom stereocenters. The van der Waals surface area contributed by atoms with Gasteiger partial charge in [0.15, 0.2) is 11.1 Å². The van der Waals surface area contributed by atoms with Gasteiger partial charge in [-0.1, -0.05) is 0 Å². The van der Waals surface area contributed by atoms with Crippen LogP contribution >= 0.6 is 0 Å². The van der Waals surface area contributed by atoms with Crippen molar-refractivity contribution in [3.63, 3.8) is 0 Å². The topological polar surface area (TPSA) is 126 Å². The van der Waals surface area contributed by atoms with Crippen molar-refractivity contribution in [3.05, 3.63) is 23.7 Å². The summed E-state index contributed by atoms with van der Waals surface area (Å²) in [7, 11) is 3.28. The number of aliphatic carboxylic acids is 1. The zero-order valence-corrected chi connectivity index (χ0v) is 20.4. The Morgan fingerprint density at radius 2 is 1.97 bits per heavy atom. The molecule has 0 aromatic carbocycles. The number of carboxylic acid groups (broad SMARTS) is 1. The highest BCUT2D eigenvalue weighted by atomic mass is 19.4. The third-order valence-corrected chi connectivity index (χ3v) is 7.50. The molecule has 1 amide bonds. The van der Waals surface area contributed by atoms with Crippen LogP contribution in [0.4, 0.5) is 27.6 Å². The minimum absolute atomic E-state index is 0.0905. The molecule has 1 saturated carbocycles. The first-order valence-electron chi connectivity index (χ1n) is 11.9. The Morgan fingerprint density at radius 1 is 1.32 bits per heavy atom. The van der Waals surface area contributed by atoms with Crippen LogP contribution in [-0.2, 0) is 16.0 Å². The summed E-state index contributed by atoms with van der Waals surface area (Å²) in [5, 5.41) is 16.5. The van der Waals surface area contributed by atoms with Gasteiger partial charge in [0, 0.05) is 46.0 Å². The van der Waals surface area contributed by atoms with Gasteiger partial charge in [-0.3, -0.25) is 9.59 Å². The monoisotopic (exact) mass is 532 g/mol. The van der Waals surface area contributed by atoms with E-state index in [-0.39, 0.29) is 37.3 Å². The van der Waals surface area contributed by atoms with E-state index in [1.807, 2.05) is 0 Å². The molecule has 9 nitrogen and oxygen atoms in total. The maximum Gasteiger partial charge on any atom is 0.393 e. The summed E-state index contributed by atoms with van der Waals surface area (Å²) in [6.45, 7) is -0.694. The number of carbonyl (C=O) groups is 2. The summed E-state index contributed by atoms with van der Waals surface area (Å²) in [5.74, 6) is -7.61. The average molecular weight is 533 g/mol. The number of hydrogen-bond acceptors (Lipinski definition) is 6. The number of fused-ring (bicyclic) bond motifs is 1. The summed E-state index contributed by atoms with van der Waals surface area (Å²) in [6, 6.07) is 0.941. The fourth-order valence-corrected chi connectivity index (χ4v) is 5.21. The fourth-order valence-electron chi connectivity index (χ4n) is 5.21. The standard InChI is InChI=1S/C23H29F5N6O3/c1-33(2)16-7-17-31-15(18(29)12-3-5-22(24,25)6-4-12)11-34(17)32-14(16)9-21(20(36)37)8-13(23(26,27)28)10-30-19(21)35/h7,11-13,18H,3-6,8-10,29H2,1-2H3,(H,30,35)(H,36,37)/t13-,18+,21?/m1/s1. The molecular weight excluding hydrogens is 503 g/mol. The van der Waals surface area contributed by atoms with E-state index in [4.69, 9.17) is 5.73 Å². The third-order valence-electron chi connectivity index (χ3n) is 7.50. The van der Waals surface area contributed by atoms with E-state index >= 15 is 0 Å². The van der Waals surface area contributed by atoms with Crippen LogP contribution in [0.3, 0.4) is 0 Å². The van der Waals surface area contributed by atoms with Crippen molar-refractivity contribution in [3.8, 4) is 0 Å². The van der Waals surface area contributed by atoms with Crippen molar-refractivity contribution < 1.29 is 36.6 Å². The maximum atomic E-state index is 13.6. The number of hydrogen-bond donors (Lipinski definition) is 3. The van der Waals surface area contributed by atoms with Gasteiger partial charge < -0.3 is 21.1 Å². The van der Waals surface area contributed by atoms with Crippen LogP contribution in [-0.4, -0.2) is 64.3 Å². The predicted octanol–water partition coefficient (Wildman–Crippen LogP) is 2.93. The highest BCUT2D eigenvalue weighted by Crippen LogP contribution is 2.43. The zero-order valence-electron chi connectivity index (χ0n) is 20.4. The van der Waals surface area contributed by atoms with Gasteiger partial charge >= 0.3 is 12.1 Å². The number of piperidine rings is 1. The Labute approximate surface area is 209 Å². The summed E-state index contributed by atoms with van der Waals surface area (Å²) < 4.78 is 68.9. The smallest absolute Gasteiger partial charge is 0.393 e. The van der Waals surface area contributed by atoms with E-state index < -0.39 is 60.7 Å². The Kier molecular flexibility index (Phi) is 6.84. The van der Waals surface area contributed by atoms with Crippen LogP contribution in [0, 0.1) is 17.3 Å². The van der Waals surface area contributed by atoms with Crippen molar-refractivity contribution in [2.24, 2.45) is 23.0 Å². The lowest BCUT2D eigenvalue weighted by atomic mass is 9.72. The third kappa shape index (κ3) is 5.20. The minimum Gasteiger partial charge on any atom is -0.480 e. The predicted molar refractivity (Wildman–Crippen MR) is 122 cm³/mol. The summed E-state index contributed by atoms with van der Waals surface area (Å²) in [6.07, 6.45) is -4.73. The molecule has 0 bridgehead atoms. The Morgan fingerprint density at radius 3 is 2.54 bits per heavy atom. The Balaban J connectivity index is 1.69. The van der Waals surface area contributed by atoms with E-state index in [0.717, 1.165) is 0 Å². The fraction of sp³-hybridized carbons (Fsp3) is 0.652. The molecule has 0 radical (unpaired) electrons. The highest BCUT2D eigenvalue weighted by Gasteiger charge is 2.56. The molecule has 14 heteroatoms. The van der Waals surface area contributed by atoms with Gasteiger partial charge in [-0.15, -0.1) is 0 Å². The van der Waals surface area contributed by atoms with Crippen LogP contribution < -0.4 is 16.0 Å². The SMILES string of the molecule is CN(C)c1cc2nc([C@@H](N)C3CCC(F)(F)CC3)cn2nc1CC1(C(=O)O)C[C@@H](C(F)(F)F)CNC1=O. The molecule has 3 heterocycles. The molecule has 37 heavy (non-hydrogen) atoms. The number of imidazole rings is 1. The molecule has 2 aliphatic rings. The second-order valence-corrected chi connectivity index (χ2v) is 10.3. The number of amides is 1. The molecule has 204 valence electrons. The molecule has 0 spiro atoms. The van der Waals surface area contributed by atoms with Crippen LogP contribution in [0.25, 0.3) is 5.65 Å². The van der Waals surface area contributed by atoms with Gasteiger partial charge in [-0.05, 0) is 25.2 Å². The number of carboxylic acids is 1. The first kappa shape index (κ1) is 27.0.